The molecule has 0 saturated carbocycles. The van der Waals surface area contributed by atoms with Gasteiger partial charge in [-0.1, -0.05) is 13.0 Å². The Bertz CT molecular complexity index is 565. The van der Waals surface area contributed by atoms with Crippen molar-refractivity contribution < 1.29 is 13.2 Å². The molecular weight excluding hydrogens is 260 g/mol. The van der Waals surface area contributed by atoms with Crippen LogP contribution in [0.4, 0.5) is 8.78 Å². The number of benzene rings is 1. The van der Waals surface area contributed by atoms with E-state index in [0.29, 0.717) is 12.0 Å². The Kier molecular flexibility index (Phi) is 4.90. The van der Waals surface area contributed by atoms with Gasteiger partial charge in [0.1, 0.15) is 17.4 Å². The lowest BCUT2D eigenvalue weighted by Crippen LogP contribution is -2.24. The molecule has 0 radical (unpaired) electrons. The predicted molar refractivity (Wildman–Crippen MR) is 74.5 cm³/mol. The van der Waals surface area contributed by atoms with E-state index in [1.165, 1.54) is 12.1 Å². The highest BCUT2D eigenvalue weighted by Gasteiger charge is 2.16. The van der Waals surface area contributed by atoms with Crippen LogP contribution in [0.15, 0.2) is 34.9 Å². The first-order valence-corrected chi connectivity index (χ1v) is 6.82. The Balaban J connectivity index is 2.18. The molecule has 2 aromatic rings. The maximum absolute atomic E-state index is 13.8. The third-order valence-corrected chi connectivity index (χ3v) is 3.23. The summed E-state index contributed by atoms with van der Waals surface area (Å²) in [6.45, 7) is 4.78. The molecule has 0 aliphatic rings. The molecule has 2 nitrogen and oxygen atoms in total. The molecule has 0 aliphatic heterocycles. The van der Waals surface area contributed by atoms with E-state index in [0.717, 1.165) is 30.4 Å². The SMILES string of the molecule is CCCNC(Cc1ccc(F)cc1F)c1coc(C)c1. The van der Waals surface area contributed by atoms with Crippen molar-refractivity contribution in [1.82, 2.24) is 5.32 Å². The second-order valence-electron chi connectivity index (χ2n) is 4.94. The van der Waals surface area contributed by atoms with Crippen LogP contribution in [0.3, 0.4) is 0 Å². The van der Waals surface area contributed by atoms with Gasteiger partial charge in [0.25, 0.3) is 0 Å². The smallest absolute Gasteiger partial charge is 0.129 e. The maximum atomic E-state index is 13.8. The largest absolute Gasteiger partial charge is 0.469 e. The fourth-order valence-electron chi connectivity index (χ4n) is 2.18. The molecule has 0 amide bonds. The van der Waals surface area contributed by atoms with Crippen molar-refractivity contribution in [3.63, 3.8) is 0 Å². The zero-order chi connectivity index (χ0) is 14.5. The molecule has 1 aromatic heterocycles. The number of halogens is 2. The average molecular weight is 279 g/mol. The van der Waals surface area contributed by atoms with Crippen molar-refractivity contribution in [1.29, 1.82) is 0 Å². The molecule has 1 atom stereocenters. The fourth-order valence-corrected chi connectivity index (χ4v) is 2.18. The minimum atomic E-state index is -0.552. The summed E-state index contributed by atoms with van der Waals surface area (Å²) >= 11 is 0. The zero-order valence-corrected chi connectivity index (χ0v) is 11.7. The third-order valence-electron chi connectivity index (χ3n) is 3.23. The Labute approximate surface area is 117 Å². The third kappa shape index (κ3) is 3.67. The summed E-state index contributed by atoms with van der Waals surface area (Å²) in [5.41, 5.74) is 1.48. The van der Waals surface area contributed by atoms with Crippen LogP contribution in [0.5, 0.6) is 0 Å². The zero-order valence-electron chi connectivity index (χ0n) is 11.7. The van der Waals surface area contributed by atoms with Gasteiger partial charge in [-0.25, -0.2) is 8.78 Å². The Morgan fingerprint density at radius 1 is 1.25 bits per heavy atom. The Morgan fingerprint density at radius 3 is 2.65 bits per heavy atom. The molecule has 1 aromatic carbocycles. The molecule has 0 saturated heterocycles. The summed E-state index contributed by atoms with van der Waals surface area (Å²) in [5, 5.41) is 3.37. The van der Waals surface area contributed by atoms with Crippen molar-refractivity contribution in [2.75, 3.05) is 6.54 Å². The fraction of sp³-hybridized carbons (Fsp3) is 0.375. The predicted octanol–water partition coefficient (Wildman–Crippen LogP) is 4.15. The molecule has 0 spiro atoms. The summed E-state index contributed by atoms with van der Waals surface area (Å²) in [5.74, 6) is -0.236. The normalized spacial score (nSPS) is 12.6. The number of aryl methyl sites for hydroxylation is 1. The average Bonchev–Trinajstić information content (AvgIpc) is 2.83. The highest BCUT2D eigenvalue weighted by Crippen LogP contribution is 2.22. The van der Waals surface area contributed by atoms with Crippen molar-refractivity contribution in [3.8, 4) is 0 Å². The van der Waals surface area contributed by atoms with Crippen LogP contribution in [-0.2, 0) is 6.42 Å². The van der Waals surface area contributed by atoms with Gasteiger partial charge in [-0.05, 0) is 44.0 Å². The second-order valence-corrected chi connectivity index (χ2v) is 4.94. The van der Waals surface area contributed by atoms with Crippen molar-refractivity contribution in [3.05, 3.63) is 59.1 Å². The monoisotopic (exact) mass is 279 g/mol. The van der Waals surface area contributed by atoms with Crippen LogP contribution >= 0.6 is 0 Å². The Hall–Kier alpha value is -1.68. The van der Waals surface area contributed by atoms with Gasteiger partial charge in [-0.2, -0.15) is 0 Å². The summed E-state index contributed by atoms with van der Waals surface area (Å²) in [7, 11) is 0. The highest BCUT2D eigenvalue weighted by molar-refractivity contribution is 5.24. The molecule has 0 fully saturated rings. The summed E-state index contributed by atoms with van der Waals surface area (Å²) in [6.07, 6.45) is 3.13. The van der Waals surface area contributed by atoms with Gasteiger partial charge in [0.15, 0.2) is 0 Å². The quantitative estimate of drug-likeness (QED) is 0.859. The van der Waals surface area contributed by atoms with E-state index < -0.39 is 11.6 Å². The lowest BCUT2D eigenvalue weighted by atomic mass is 10.00. The molecule has 0 bridgehead atoms. The van der Waals surface area contributed by atoms with E-state index in [4.69, 9.17) is 4.42 Å². The highest BCUT2D eigenvalue weighted by atomic mass is 19.1. The van der Waals surface area contributed by atoms with E-state index in [2.05, 4.69) is 12.2 Å². The van der Waals surface area contributed by atoms with Crippen LogP contribution in [0.1, 0.15) is 36.3 Å². The van der Waals surface area contributed by atoms with E-state index in [-0.39, 0.29) is 6.04 Å². The molecule has 2 rings (SSSR count). The van der Waals surface area contributed by atoms with Crippen LogP contribution in [-0.4, -0.2) is 6.54 Å². The van der Waals surface area contributed by atoms with Gasteiger partial charge in [-0.15, -0.1) is 0 Å². The standard InChI is InChI=1S/C16H19F2NO/c1-3-6-19-16(13-7-11(2)20-10-13)8-12-4-5-14(17)9-15(12)18/h4-5,7,9-10,16,19H,3,6,8H2,1-2H3. The lowest BCUT2D eigenvalue weighted by molar-refractivity contribution is 0.493. The van der Waals surface area contributed by atoms with E-state index in [9.17, 15) is 8.78 Å². The topological polar surface area (TPSA) is 25.2 Å². The van der Waals surface area contributed by atoms with Gasteiger partial charge < -0.3 is 9.73 Å². The van der Waals surface area contributed by atoms with Gasteiger partial charge in [-0.3, -0.25) is 0 Å². The second kappa shape index (κ2) is 6.66. The molecular formula is C16H19F2NO. The number of hydrogen-bond donors (Lipinski definition) is 1. The first-order chi connectivity index (χ1) is 9.60. The minimum Gasteiger partial charge on any atom is -0.469 e. The molecule has 1 unspecified atom stereocenters. The number of rotatable bonds is 6. The van der Waals surface area contributed by atoms with E-state index in [1.54, 1.807) is 6.26 Å². The summed E-state index contributed by atoms with van der Waals surface area (Å²) in [4.78, 5) is 0. The van der Waals surface area contributed by atoms with Crippen LogP contribution in [0.25, 0.3) is 0 Å². The minimum absolute atomic E-state index is 0.0349. The lowest BCUT2D eigenvalue weighted by Gasteiger charge is -2.17. The summed E-state index contributed by atoms with van der Waals surface area (Å²) in [6, 6.07) is 5.61. The van der Waals surface area contributed by atoms with Gasteiger partial charge in [0.2, 0.25) is 0 Å². The number of nitrogens with one attached hydrogen (secondary N) is 1. The van der Waals surface area contributed by atoms with Crippen molar-refractivity contribution >= 4 is 0 Å². The molecule has 1 heterocycles. The van der Waals surface area contributed by atoms with Crippen LogP contribution in [0.2, 0.25) is 0 Å². The van der Waals surface area contributed by atoms with Crippen LogP contribution in [0, 0.1) is 18.6 Å². The molecule has 108 valence electrons. The maximum Gasteiger partial charge on any atom is 0.129 e. The van der Waals surface area contributed by atoms with E-state index >= 15 is 0 Å². The van der Waals surface area contributed by atoms with Crippen molar-refractivity contribution in [2.45, 2.75) is 32.7 Å². The summed E-state index contributed by atoms with van der Waals surface area (Å²) < 4.78 is 32.0. The van der Waals surface area contributed by atoms with Crippen molar-refractivity contribution in [2.24, 2.45) is 0 Å². The van der Waals surface area contributed by atoms with Gasteiger partial charge in [0, 0.05) is 17.7 Å². The first-order valence-electron chi connectivity index (χ1n) is 6.82. The number of furan rings is 1. The first kappa shape index (κ1) is 14.7. The van der Waals surface area contributed by atoms with Gasteiger partial charge >= 0.3 is 0 Å². The molecule has 20 heavy (non-hydrogen) atoms. The Morgan fingerprint density at radius 2 is 2.05 bits per heavy atom. The van der Waals surface area contributed by atoms with Crippen LogP contribution < -0.4 is 5.32 Å². The van der Waals surface area contributed by atoms with Gasteiger partial charge in [0.05, 0.1) is 6.26 Å². The number of hydrogen-bond acceptors (Lipinski definition) is 2. The van der Waals surface area contributed by atoms with E-state index in [1.807, 2.05) is 13.0 Å². The molecule has 0 aliphatic carbocycles. The molecule has 4 heteroatoms. The molecule has 1 N–H and O–H groups in total.